The second kappa shape index (κ2) is 6.06. The normalized spacial score (nSPS) is 12.2. The average molecular weight is 234 g/mol. The number of nitriles is 1. The van der Waals surface area contributed by atoms with Gasteiger partial charge >= 0.3 is 0 Å². The Hall–Kier alpha value is -1.80. The maximum Gasteiger partial charge on any atom is 0.144 e. The van der Waals surface area contributed by atoms with Gasteiger partial charge < -0.3 is 16.2 Å². The molecular formula is C12H18N4O. The van der Waals surface area contributed by atoms with Gasteiger partial charge in [-0.2, -0.15) is 5.26 Å². The van der Waals surface area contributed by atoms with Crippen molar-refractivity contribution in [3.63, 3.8) is 0 Å². The summed E-state index contributed by atoms with van der Waals surface area (Å²) in [6.45, 7) is 4.47. The van der Waals surface area contributed by atoms with E-state index in [2.05, 4.69) is 10.3 Å². The first kappa shape index (κ1) is 13.3. The van der Waals surface area contributed by atoms with Crippen LogP contribution < -0.4 is 11.1 Å². The highest BCUT2D eigenvalue weighted by Crippen LogP contribution is 2.14. The van der Waals surface area contributed by atoms with Gasteiger partial charge in [-0.15, -0.1) is 0 Å². The van der Waals surface area contributed by atoms with Gasteiger partial charge in [-0.05, 0) is 18.4 Å². The van der Waals surface area contributed by atoms with Crippen LogP contribution in [0.2, 0.25) is 0 Å². The lowest BCUT2D eigenvalue weighted by Crippen LogP contribution is -2.22. The Balaban J connectivity index is 2.61. The first-order valence-electron chi connectivity index (χ1n) is 5.60. The van der Waals surface area contributed by atoms with Crippen LogP contribution in [0.4, 0.5) is 11.5 Å². The van der Waals surface area contributed by atoms with Gasteiger partial charge in [-0.1, -0.05) is 13.8 Å². The molecule has 0 aromatic carbocycles. The summed E-state index contributed by atoms with van der Waals surface area (Å²) >= 11 is 0. The second-order valence-electron chi connectivity index (χ2n) is 4.44. The maximum absolute atomic E-state index is 9.70. The fourth-order valence-electron chi connectivity index (χ4n) is 1.55. The number of aliphatic hydroxyl groups is 1. The molecule has 0 aliphatic heterocycles. The first-order chi connectivity index (χ1) is 8.02. The number of pyridine rings is 1. The number of hydrogen-bond donors (Lipinski definition) is 3. The van der Waals surface area contributed by atoms with Gasteiger partial charge in [0.25, 0.3) is 0 Å². The summed E-state index contributed by atoms with van der Waals surface area (Å²) in [4.78, 5) is 4.03. The Morgan fingerprint density at radius 1 is 1.59 bits per heavy atom. The topological polar surface area (TPSA) is 95.0 Å². The lowest BCUT2D eigenvalue weighted by molar-refractivity contribution is 0.161. The third kappa shape index (κ3) is 4.29. The van der Waals surface area contributed by atoms with Crippen molar-refractivity contribution < 1.29 is 5.11 Å². The number of nitrogen functional groups attached to an aromatic ring is 1. The summed E-state index contributed by atoms with van der Waals surface area (Å²) < 4.78 is 0. The zero-order chi connectivity index (χ0) is 12.8. The summed E-state index contributed by atoms with van der Waals surface area (Å²) in [5.41, 5.74) is 6.38. The van der Waals surface area contributed by atoms with E-state index < -0.39 is 6.10 Å². The fourth-order valence-corrected chi connectivity index (χ4v) is 1.55. The SMILES string of the molecule is CC(C)CC(O)CNc1ncc(N)cc1C#N. The minimum absolute atomic E-state index is 0.379. The predicted octanol–water partition coefficient (Wildman–Crippen LogP) is 1.35. The highest BCUT2D eigenvalue weighted by molar-refractivity contribution is 5.57. The van der Waals surface area contributed by atoms with Crippen LogP contribution in [0.1, 0.15) is 25.8 Å². The Labute approximate surface area is 101 Å². The molecule has 17 heavy (non-hydrogen) atoms. The molecule has 1 rings (SSSR count). The van der Waals surface area contributed by atoms with E-state index in [9.17, 15) is 5.11 Å². The minimum Gasteiger partial charge on any atom is -0.397 e. The number of hydrogen-bond acceptors (Lipinski definition) is 5. The van der Waals surface area contributed by atoms with Crippen LogP contribution in [0.5, 0.6) is 0 Å². The number of aromatic nitrogens is 1. The maximum atomic E-state index is 9.70. The zero-order valence-corrected chi connectivity index (χ0v) is 10.1. The number of nitrogens with zero attached hydrogens (tertiary/aromatic N) is 2. The van der Waals surface area contributed by atoms with Gasteiger partial charge in [0.2, 0.25) is 0 Å². The number of rotatable bonds is 5. The molecule has 1 aromatic heterocycles. The molecule has 5 heteroatoms. The molecule has 0 aliphatic rings. The highest BCUT2D eigenvalue weighted by atomic mass is 16.3. The van der Waals surface area contributed by atoms with Gasteiger partial charge in [0.15, 0.2) is 0 Å². The Morgan fingerprint density at radius 2 is 2.29 bits per heavy atom. The smallest absolute Gasteiger partial charge is 0.144 e. The molecule has 1 heterocycles. The summed E-state index contributed by atoms with van der Waals surface area (Å²) in [7, 11) is 0. The van der Waals surface area contributed by atoms with Crippen LogP contribution in [0.3, 0.4) is 0 Å². The largest absolute Gasteiger partial charge is 0.397 e. The first-order valence-corrected chi connectivity index (χ1v) is 5.60. The van der Waals surface area contributed by atoms with E-state index in [1.54, 1.807) is 6.07 Å². The number of anilines is 2. The molecule has 0 saturated carbocycles. The molecule has 0 amide bonds. The van der Waals surface area contributed by atoms with Gasteiger partial charge in [-0.3, -0.25) is 0 Å². The molecule has 0 aliphatic carbocycles. The molecule has 0 fully saturated rings. The third-order valence-corrected chi connectivity index (χ3v) is 2.28. The highest BCUT2D eigenvalue weighted by Gasteiger charge is 2.09. The lowest BCUT2D eigenvalue weighted by atomic mass is 10.1. The van der Waals surface area contributed by atoms with E-state index in [1.165, 1.54) is 6.20 Å². The van der Waals surface area contributed by atoms with Crippen molar-refractivity contribution in [2.75, 3.05) is 17.6 Å². The van der Waals surface area contributed by atoms with Gasteiger partial charge in [0.1, 0.15) is 11.9 Å². The Morgan fingerprint density at radius 3 is 2.88 bits per heavy atom. The van der Waals surface area contributed by atoms with Crippen LogP contribution in [0, 0.1) is 17.2 Å². The number of nitrogens with one attached hydrogen (secondary N) is 1. The average Bonchev–Trinajstić information content (AvgIpc) is 2.26. The molecule has 0 saturated heterocycles. The Kier molecular flexibility index (Phi) is 4.73. The third-order valence-electron chi connectivity index (χ3n) is 2.28. The van der Waals surface area contributed by atoms with Crippen molar-refractivity contribution in [2.45, 2.75) is 26.4 Å². The quantitative estimate of drug-likeness (QED) is 0.715. The Bertz CT molecular complexity index is 411. The molecule has 1 atom stereocenters. The van der Waals surface area contributed by atoms with Crippen molar-refractivity contribution in [1.29, 1.82) is 5.26 Å². The van der Waals surface area contributed by atoms with Crippen molar-refractivity contribution in [3.8, 4) is 6.07 Å². The summed E-state index contributed by atoms with van der Waals surface area (Å²) in [6.07, 6.45) is 1.75. The standard InChI is InChI=1S/C12H18N4O/c1-8(2)3-11(17)7-16-12-9(5-13)4-10(14)6-15-12/h4,6,8,11,17H,3,7,14H2,1-2H3,(H,15,16). The molecule has 92 valence electrons. The van der Waals surface area contributed by atoms with Crippen molar-refractivity contribution in [3.05, 3.63) is 17.8 Å². The van der Waals surface area contributed by atoms with Crippen LogP contribution in [0.15, 0.2) is 12.3 Å². The molecule has 0 spiro atoms. The van der Waals surface area contributed by atoms with Crippen molar-refractivity contribution in [2.24, 2.45) is 5.92 Å². The second-order valence-corrected chi connectivity index (χ2v) is 4.44. The van der Waals surface area contributed by atoms with Crippen LogP contribution in [-0.4, -0.2) is 22.7 Å². The molecule has 5 nitrogen and oxygen atoms in total. The van der Waals surface area contributed by atoms with Crippen LogP contribution in [0.25, 0.3) is 0 Å². The predicted molar refractivity (Wildman–Crippen MR) is 67.3 cm³/mol. The minimum atomic E-state index is -0.444. The summed E-state index contributed by atoms with van der Waals surface area (Å²) in [6, 6.07) is 3.57. The van der Waals surface area contributed by atoms with E-state index in [4.69, 9.17) is 11.0 Å². The molecule has 1 aromatic rings. The molecule has 4 N–H and O–H groups in total. The van der Waals surface area contributed by atoms with Gasteiger partial charge in [-0.25, -0.2) is 4.98 Å². The molecule has 1 unspecified atom stereocenters. The summed E-state index contributed by atoms with van der Waals surface area (Å²) in [5, 5.41) is 21.6. The zero-order valence-electron chi connectivity index (χ0n) is 10.1. The number of aliphatic hydroxyl groups excluding tert-OH is 1. The van der Waals surface area contributed by atoms with Gasteiger partial charge in [0, 0.05) is 6.54 Å². The monoisotopic (exact) mass is 234 g/mol. The molecule has 0 bridgehead atoms. The van der Waals surface area contributed by atoms with E-state index in [-0.39, 0.29) is 0 Å². The van der Waals surface area contributed by atoms with E-state index in [0.717, 1.165) is 0 Å². The number of nitrogens with two attached hydrogens (primary N) is 1. The molecule has 0 radical (unpaired) electrons. The lowest BCUT2D eigenvalue weighted by Gasteiger charge is -2.14. The van der Waals surface area contributed by atoms with Crippen LogP contribution >= 0.6 is 0 Å². The van der Waals surface area contributed by atoms with Gasteiger partial charge in [0.05, 0.1) is 23.6 Å². The van der Waals surface area contributed by atoms with Crippen molar-refractivity contribution >= 4 is 11.5 Å². The van der Waals surface area contributed by atoms with Crippen molar-refractivity contribution in [1.82, 2.24) is 4.98 Å². The van der Waals surface area contributed by atoms with E-state index >= 15 is 0 Å². The fraction of sp³-hybridized carbons (Fsp3) is 0.500. The summed E-state index contributed by atoms with van der Waals surface area (Å²) in [5.74, 6) is 0.895. The van der Waals surface area contributed by atoms with E-state index in [0.29, 0.717) is 36.0 Å². The van der Waals surface area contributed by atoms with E-state index in [1.807, 2.05) is 19.9 Å². The van der Waals surface area contributed by atoms with Crippen LogP contribution in [-0.2, 0) is 0 Å². The molecular weight excluding hydrogens is 216 g/mol.